The molecule has 0 fully saturated rings. The molecular weight excluding hydrogens is 131 g/mol. The van der Waals surface area contributed by atoms with E-state index in [-0.39, 0.29) is 24.9 Å². The Kier molecular flexibility index (Phi) is 8.95. The van der Waals surface area contributed by atoms with Gasteiger partial charge in [-0.25, -0.2) is 0 Å². The highest BCUT2D eigenvalue weighted by Crippen LogP contribution is 1.69. The summed E-state index contributed by atoms with van der Waals surface area (Å²) < 4.78 is 4.43. The van der Waals surface area contributed by atoms with Crippen molar-refractivity contribution < 1.29 is 9.53 Å². The van der Waals surface area contributed by atoms with Gasteiger partial charge < -0.3 is 10.5 Å². The molecule has 0 spiro atoms. The molecule has 0 aromatic heterocycles. The van der Waals surface area contributed by atoms with Crippen molar-refractivity contribution in [1.29, 1.82) is 0 Å². The van der Waals surface area contributed by atoms with Crippen LogP contribution in [0.4, 0.5) is 0 Å². The van der Waals surface area contributed by atoms with Crippen molar-refractivity contribution in [3.8, 4) is 0 Å². The highest BCUT2D eigenvalue weighted by atomic mass is 35.5. The van der Waals surface area contributed by atoms with E-state index in [1.54, 1.807) is 6.92 Å². The number of carbonyl (C=O) groups is 1. The summed E-state index contributed by atoms with van der Waals surface area (Å²) in [5.41, 5.74) is 4.88. The van der Waals surface area contributed by atoms with Crippen LogP contribution in [-0.4, -0.2) is 19.1 Å². The Morgan fingerprint density at radius 3 is 2.38 bits per heavy atom. The molecule has 0 aromatic rings. The van der Waals surface area contributed by atoms with E-state index in [0.717, 1.165) is 0 Å². The molecule has 0 saturated carbocycles. The Hall–Kier alpha value is -0.280. The molecule has 3 nitrogen and oxygen atoms in total. The lowest BCUT2D eigenvalue weighted by Crippen LogP contribution is -2.16. The monoisotopic (exact) mass is 141 g/mol. The number of hydrogen-bond donors (Lipinski definition) is 1. The van der Waals surface area contributed by atoms with Crippen molar-refractivity contribution in [3.63, 3.8) is 0 Å². The van der Waals surface area contributed by atoms with Gasteiger partial charge in [0.2, 0.25) is 0 Å². The van der Waals surface area contributed by atoms with E-state index in [2.05, 4.69) is 4.74 Å². The van der Waals surface area contributed by atoms with Crippen LogP contribution < -0.4 is 5.73 Å². The molecule has 0 aromatic carbocycles. The fourth-order valence-electron chi connectivity index (χ4n) is 0.220. The molecule has 0 heterocycles. The van der Waals surface area contributed by atoms with Gasteiger partial charge in [0.15, 0.2) is 0 Å². The van der Waals surface area contributed by atoms with E-state index in [4.69, 9.17) is 5.73 Å². The van der Waals surface area contributed by atoms with E-state index >= 15 is 0 Å². The molecule has 8 heavy (non-hydrogen) atoms. The van der Waals surface area contributed by atoms with Gasteiger partial charge in [0, 0.05) is 0 Å². The molecule has 0 amide bonds. The quantitative estimate of drug-likeness (QED) is 0.548. The summed E-state index contributed by atoms with van der Waals surface area (Å²) in [6.07, 6.45) is 0. The summed E-state index contributed by atoms with van der Waals surface area (Å²) in [6, 6.07) is 0. The fourth-order valence-corrected chi connectivity index (χ4v) is 0.220. The second-order valence-corrected chi connectivity index (χ2v) is 1.01. The van der Waals surface area contributed by atoms with Crippen LogP contribution in [0.25, 0.3) is 0 Å². The topological polar surface area (TPSA) is 52.3 Å². The molecule has 0 bridgehead atoms. The van der Waals surface area contributed by atoms with Gasteiger partial charge in [-0.3, -0.25) is 4.79 Å². The van der Waals surface area contributed by atoms with Crippen LogP contribution in [0, 0.1) is 0 Å². The molecule has 0 atom stereocenters. The molecule has 0 aliphatic heterocycles. The smallest absolute Gasteiger partial charge is 0.319 e. The average Bonchev–Trinajstić information content (AvgIpc) is 1.68. The summed E-state index contributed by atoms with van der Waals surface area (Å²) in [5.74, 6) is -0.345. The van der Waals surface area contributed by atoms with Crippen molar-refractivity contribution in [2.45, 2.75) is 6.92 Å². The van der Waals surface area contributed by atoms with Gasteiger partial charge >= 0.3 is 5.97 Å². The van der Waals surface area contributed by atoms with E-state index in [1.807, 2.05) is 0 Å². The zero-order valence-corrected chi connectivity index (χ0v) is 5.53. The summed E-state index contributed by atoms with van der Waals surface area (Å²) in [4.78, 5) is 10.1. The van der Waals surface area contributed by atoms with Gasteiger partial charge in [-0.2, -0.15) is 0 Å². The molecule has 2 N–H and O–H groups in total. The van der Waals surface area contributed by atoms with Crippen molar-refractivity contribution in [2.24, 2.45) is 5.73 Å². The first-order valence-corrected chi connectivity index (χ1v) is 2.17. The standard InChI is InChI=1S/C4H9NO2.ClH/c1-2-7-4(6)3-5;/h2-3,5H2,1H3;1H/i4+2;. The molecule has 0 rings (SSSR count). The van der Waals surface area contributed by atoms with Gasteiger partial charge in [-0.05, 0) is 6.92 Å². The third kappa shape index (κ3) is 5.72. The minimum Gasteiger partial charge on any atom is -0.465 e. The lowest BCUT2D eigenvalue weighted by atomic mass is 10.9. The highest BCUT2D eigenvalue weighted by molar-refractivity contribution is 5.85. The summed E-state index contributed by atoms with van der Waals surface area (Å²) in [5, 5.41) is 0. The zero-order chi connectivity index (χ0) is 5.70. The second-order valence-electron chi connectivity index (χ2n) is 1.01. The Morgan fingerprint density at radius 2 is 2.25 bits per heavy atom. The van der Waals surface area contributed by atoms with Crippen LogP contribution in [0.15, 0.2) is 0 Å². The molecule has 0 unspecified atom stereocenters. The molecule has 50 valence electrons. The van der Waals surface area contributed by atoms with E-state index in [1.165, 1.54) is 0 Å². The third-order valence-electron chi connectivity index (χ3n) is 0.472. The van der Waals surface area contributed by atoms with Crippen LogP contribution in [0.5, 0.6) is 0 Å². The van der Waals surface area contributed by atoms with Crippen molar-refractivity contribution in [3.05, 3.63) is 0 Å². The number of hydrogen-bond acceptors (Lipinski definition) is 3. The Bertz CT molecular complexity index is 67.1. The van der Waals surface area contributed by atoms with Gasteiger partial charge in [-0.15, -0.1) is 12.4 Å². The van der Waals surface area contributed by atoms with Crippen LogP contribution in [0.2, 0.25) is 0 Å². The average molecular weight is 142 g/mol. The number of esters is 1. The molecular formula is C4H10ClNO2. The molecule has 0 aliphatic carbocycles. The summed E-state index contributed by atoms with van der Waals surface area (Å²) in [6.45, 7) is 2.14. The first-order chi connectivity index (χ1) is 3.31. The van der Waals surface area contributed by atoms with Crippen molar-refractivity contribution in [2.75, 3.05) is 13.2 Å². The number of ether oxygens (including phenoxy) is 1. The zero-order valence-electron chi connectivity index (χ0n) is 4.72. The van der Waals surface area contributed by atoms with Crippen LogP contribution in [-0.2, 0) is 9.53 Å². The van der Waals surface area contributed by atoms with E-state index in [9.17, 15) is 4.79 Å². The van der Waals surface area contributed by atoms with Gasteiger partial charge in [0.1, 0.15) is 0 Å². The van der Waals surface area contributed by atoms with Gasteiger partial charge in [-0.1, -0.05) is 0 Å². The molecule has 0 saturated heterocycles. The van der Waals surface area contributed by atoms with Crippen LogP contribution >= 0.6 is 12.4 Å². The molecule has 4 heteroatoms. The maximum Gasteiger partial charge on any atom is 0.319 e. The first kappa shape index (κ1) is 10.7. The summed E-state index contributed by atoms with van der Waals surface area (Å²) >= 11 is 0. The predicted molar refractivity (Wildman–Crippen MR) is 32.9 cm³/mol. The largest absolute Gasteiger partial charge is 0.465 e. The minimum atomic E-state index is -0.345. The fraction of sp³-hybridized carbons (Fsp3) is 0.750. The summed E-state index contributed by atoms with van der Waals surface area (Å²) in [7, 11) is 0. The maximum atomic E-state index is 10.1. The Labute approximate surface area is 54.6 Å². The van der Waals surface area contributed by atoms with Crippen molar-refractivity contribution >= 4 is 18.4 Å². The first-order valence-electron chi connectivity index (χ1n) is 2.17. The number of halogens is 1. The van der Waals surface area contributed by atoms with E-state index < -0.39 is 0 Å². The third-order valence-corrected chi connectivity index (χ3v) is 0.472. The van der Waals surface area contributed by atoms with Gasteiger partial charge in [0.05, 0.1) is 13.2 Å². The molecule has 0 radical (unpaired) electrons. The molecule has 0 aliphatic rings. The van der Waals surface area contributed by atoms with Crippen molar-refractivity contribution in [1.82, 2.24) is 0 Å². The second kappa shape index (κ2) is 6.72. The van der Waals surface area contributed by atoms with Crippen LogP contribution in [0.3, 0.4) is 0 Å². The highest BCUT2D eigenvalue weighted by Gasteiger charge is 1.91. The minimum absolute atomic E-state index is 0. The van der Waals surface area contributed by atoms with Crippen LogP contribution in [0.1, 0.15) is 6.92 Å². The SMILES string of the molecule is CCO[14C](=O)CN.Cl. The number of carbonyl (C=O) groups excluding carboxylic acids is 1. The lowest BCUT2D eigenvalue weighted by molar-refractivity contribution is -0.141. The Morgan fingerprint density at radius 1 is 1.75 bits per heavy atom. The number of nitrogens with two attached hydrogens (primary N) is 1. The lowest BCUT2D eigenvalue weighted by Gasteiger charge is -1.93. The van der Waals surface area contributed by atoms with E-state index in [0.29, 0.717) is 6.61 Å². The predicted octanol–water partition coefficient (Wildman–Crippen LogP) is -0.0700. The van der Waals surface area contributed by atoms with Gasteiger partial charge in [0.25, 0.3) is 0 Å². The number of rotatable bonds is 2. The maximum absolute atomic E-state index is 10.1. The Balaban J connectivity index is 0. The normalized spacial score (nSPS) is 7.25.